The zero-order valence-corrected chi connectivity index (χ0v) is 12.4. The maximum absolute atomic E-state index is 13.8. The van der Waals surface area contributed by atoms with Crippen LogP contribution in [0, 0.1) is 5.82 Å². The number of amides is 1. The summed E-state index contributed by atoms with van der Waals surface area (Å²) in [5.41, 5.74) is -1.33. The van der Waals surface area contributed by atoms with E-state index in [4.69, 9.17) is 5.11 Å². The summed E-state index contributed by atoms with van der Waals surface area (Å²) in [6.07, 6.45) is -4.74. The number of carboxylic acid groups (broad SMARTS) is 1. The van der Waals surface area contributed by atoms with Crippen molar-refractivity contribution in [1.82, 2.24) is 10.3 Å². The summed E-state index contributed by atoms with van der Waals surface area (Å²) in [5, 5.41) is 13.2. The van der Waals surface area contributed by atoms with Crippen LogP contribution in [0.3, 0.4) is 0 Å². The third-order valence-corrected chi connectivity index (χ3v) is 3.16. The minimum atomic E-state index is -4.71. The minimum Gasteiger partial charge on any atom is -0.465 e. The van der Waals surface area contributed by atoms with E-state index in [2.05, 4.69) is 15.6 Å². The van der Waals surface area contributed by atoms with Crippen molar-refractivity contribution in [1.29, 1.82) is 0 Å². The molecule has 0 saturated carbocycles. The number of alkyl halides is 3. The Balaban J connectivity index is 2.25. The number of nitrogens with zero attached hydrogens (tertiary/aromatic N) is 1. The topological polar surface area (TPSA) is 74.2 Å². The van der Waals surface area contributed by atoms with Crippen LogP contribution in [0.4, 0.5) is 33.7 Å². The Morgan fingerprint density at radius 3 is 2.50 bits per heavy atom. The maximum atomic E-state index is 13.8. The lowest BCUT2D eigenvalue weighted by Gasteiger charge is -2.16. The van der Waals surface area contributed by atoms with E-state index in [0.717, 1.165) is 18.2 Å². The molecule has 0 aliphatic rings. The first-order valence-corrected chi connectivity index (χ1v) is 6.76. The van der Waals surface area contributed by atoms with Gasteiger partial charge in [-0.1, -0.05) is 6.07 Å². The number of anilines is 2. The van der Waals surface area contributed by atoms with Crippen molar-refractivity contribution >= 4 is 17.5 Å². The molecule has 24 heavy (non-hydrogen) atoms. The molecule has 0 saturated heterocycles. The molecule has 1 atom stereocenters. The number of benzene rings is 1. The lowest BCUT2D eigenvalue weighted by atomic mass is 10.1. The van der Waals surface area contributed by atoms with E-state index < -0.39 is 35.4 Å². The van der Waals surface area contributed by atoms with E-state index in [-0.39, 0.29) is 5.69 Å². The Bertz CT molecular complexity index is 732. The highest BCUT2D eigenvalue weighted by molar-refractivity contribution is 5.65. The summed E-state index contributed by atoms with van der Waals surface area (Å²) < 4.78 is 52.6. The van der Waals surface area contributed by atoms with Gasteiger partial charge in [-0.05, 0) is 31.2 Å². The molecule has 0 radical (unpaired) electrons. The second-order valence-electron chi connectivity index (χ2n) is 4.93. The normalized spacial score (nSPS) is 12.5. The van der Waals surface area contributed by atoms with Gasteiger partial charge in [0.25, 0.3) is 0 Å². The van der Waals surface area contributed by atoms with Crippen LogP contribution in [0.25, 0.3) is 0 Å². The number of nitrogens with one attached hydrogen (secondary N) is 2. The molecule has 9 heteroatoms. The van der Waals surface area contributed by atoms with E-state index >= 15 is 0 Å². The maximum Gasteiger partial charge on any atom is 0.418 e. The van der Waals surface area contributed by atoms with Crippen molar-refractivity contribution in [2.45, 2.75) is 19.1 Å². The average Bonchev–Trinajstić information content (AvgIpc) is 2.48. The Hall–Kier alpha value is -2.84. The van der Waals surface area contributed by atoms with E-state index in [1.165, 1.54) is 18.3 Å². The third-order valence-electron chi connectivity index (χ3n) is 3.16. The van der Waals surface area contributed by atoms with Crippen LogP contribution < -0.4 is 10.6 Å². The highest BCUT2D eigenvalue weighted by Crippen LogP contribution is 2.37. The van der Waals surface area contributed by atoms with Crippen LogP contribution >= 0.6 is 0 Å². The van der Waals surface area contributed by atoms with E-state index in [0.29, 0.717) is 5.69 Å². The fraction of sp³-hybridized carbons (Fsp3) is 0.200. The summed E-state index contributed by atoms with van der Waals surface area (Å²) >= 11 is 0. The highest BCUT2D eigenvalue weighted by atomic mass is 19.4. The minimum absolute atomic E-state index is 0.136. The average molecular weight is 343 g/mol. The number of para-hydroxylation sites is 1. The monoisotopic (exact) mass is 343 g/mol. The number of halogens is 4. The lowest BCUT2D eigenvalue weighted by Crippen LogP contribution is -2.25. The molecular formula is C15H13F4N3O2. The lowest BCUT2D eigenvalue weighted by molar-refractivity contribution is -0.137. The van der Waals surface area contributed by atoms with Gasteiger partial charge in [-0.25, -0.2) is 9.18 Å². The molecule has 0 aliphatic carbocycles. The van der Waals surface area contributed by atoms with Gasteiger partial charge in [-0.2, -0.15) is 13.2 Å². The molecule has 0 aliphatic heterocycles. The zero-order chi connectivity index (χ0) is 17.9. The van der Waals surface area contributed by atoms with Crippen LogP contribution in [0.2, 0.25) is 0 Å². The van der Waals surface area contributed by atoms with Crippen molar-refractivity contribution < 1.29 is 27.5 Å². The zero-order valence-electron chi connectivity index (χ0n) is 12.4. The first kappa shape index (κ1) is 17.5. The van der Waals surface area contributed by atoms with Crippen molar-refractivity contribution in [2.75, 3.05) is 5.32 Å². The van der Waals surface area contributed by atoms with E-state index in [1.807, 2.05) is 0 Å². The fourth-order valence-electron chi connectivity index (χ4n) is 2.03. The number of aromatic nitrogens is 1. The largest absolute Gasteiger partial charge is 0.465 e. The quantitative estimate of drug-likeness (QED) is 0.723. The second-order valence-corrected chi connectivity index (χ2v) is 4.93. The van der Waals surface area contributed by atoms with Crippen LogP contribution in [0.15, 0.2) is 36.5 Å². The predicted molar refractivity (Wildman–Crippen MR) is 78.5 cm³/mol. The molecule has 5 nitrogen and oxygen atoms in total. The van der Waals surface area contributed by atoms with Crippen LogP contribution in [-0.4, -0.2) is 16.2 Å². The van der Waals surface area contributed by atoms with Crippen molar-refractivity contribution in [3.05, 3.63) is 53.6 Å². The van der Waals surface area contributed by atoms with E-state index in [9.17, 15) is 22.4 Å². The number of carbonyl (C=O) groups is 1. The van der Waals surface area contributed by atoms with Gasteiger partial charge in [0.05, 0.1) is 34.9 Å². The molecule has 1 amide bonds. The van der Waals surface area contributed by atoms with Gasteiger partial charge in [-0.15, -0.1) is 0 Å². The Kier molecular flexibility index (Phi) is 4.91. The standard InChI is InChI=1S/C15H13F4N3O2/c1-8(21-14(23)24)12-6-5-9(7-20-12)22-13-10(15(17,18)19)3-2-4-11(13)16/h2-8,21-22H,1H3,(H,23,24). The fourth-order valence-corrected chi connectivity index (χ4v) is 2.03. The smallest absolute Gasteiger partial charge is 0.418 e. The molecule has 1 aromatic heterocycles. The van der Waals surface area contributed by atoms with Crippen LogP contribution in [0.1, 0.15) is 24.2 Å². The van der Waals surface area contributed by atoms with Gasteiger partial charge < -0.3 is 15.7 Å². The molecule has 0 fully saturated rings. The van der Waals surface area contributed by atoms with Gasteiger partial charge >= 0.3 is 12.3 Å². The van der Waals surface area contributed by atoms with Crippen molar-refractivity contribution in [2.24, 2.45) is 0 Å². The molecule has 1 unspecified atom stereocenters. The van der Waals surface area contributed by atoms with Crippen molar-refractivity contribution in [3.63, 3.8) is 0 Å². The molecule has 0 bridgehead atoms. The summed E-state index contributed by atoms with van der Waals surface area (Å²) in [6.45, 7) is 1.56. The molecule has 3 N–H and O–H groups in total. The summed E-state index contributed by atoms with van der Waals surface area (Å²) in [5.74, 6) is -1.05. The predicted octanol–water partition coefficient (Wildman–Crippen LogP) is 4.31. The summed E-state index contributed by atoms with van der Waals surface area (Å²) in [6, 6.07) is 4.87. The Morgan fingerprint density at radius 2 is 1.96 bits per heavy atom. The highest BCUT2D eigenvalue weighted by Gasteiger charge is 2.34. The molecule has 1 heterocycles. The summed E-state index contributed by atoms with van der Waals surface area (Å²) in [4.78, 5) is 14.5. The molecule has 0 spiro atoms. The van der Waals surface area contributed by atoms with Crippen LogP contribution in [0.5, 0.6) is 0 Å². The molecule has 2 rings (SSSR count). The van der Waals surface area contributed by atoms with Gasteiger partial charge in [0.2, 0.25) is 0 Å². The van der Waals surface area contributed by atoms with Crippen molar-refractivity contribution in [3.8, 4) is 0 Å². The van der Waals surface area contributed by atoms with E-state index in [1.54, 1.807) is 6.92 Å². The number of rotatable bonds is 4. The van der Waals surface area contributed by atoms with Gasteiger partial charge in [0.15, 0.2) is 0 Å². The molecular weight excluding hydrogens is 330 g/mol. The first-order chi connectivity index (χ1) is 11.2. The molecule has 128 valence electrons. The Labute approximate surface area is 134 Å². The third kappa shape index (κ3) is 4.12. The molecule has 2 aromatic rings. The SMILES string of the molecule is CC(NC(=O)O)c1ccc(Nc2c(F)cccc2C(F)(F)F)cn1. The van der Waals surface area contributed by atoms with Crippen LogP contribution in [-0.2, 0) is 6.18 Å². The molecule has 1 aromatic carbocycles. The summed E-state index contributed by atoms with van der Waals surface area (Å²) in [7, 11) is 0. The van der Waals surface area contributed by atoms with Gasteiger partial charge in [0.1, 0.15) is 5.82 Å². The number of hydrogen-bond donors (Lipinski definition) is 3. The van der Waals surface area contributed by atoms with Gasteiger partial charge in [-0.3, -0.25) is 4.98 Å². The number of pyridine rings is 1. The second kappa shape index (κ2) is 6.73. The Morgan fingerprint density at radius 1 is 1.25 bits per heavy atom. The van der Waals surface area contributed by atoms with Gasteiger partial charge in [0, 0.05) is 0 Å². The first-order valence-electron chi connectivity index (χ1n) is 6.76. The number of hydrogen-bond acceptors (Lipinski definition) is 3.